The van der Waals surface area contributed by atoms with Gasteiger partial charge in [-0.2, -0.15) is 5.26 Å². The minimum atomic E-state index is -0.480. The van der Waals surface area contributed by atoms with Crippen molar-refractivity contribution in [2.75, 3.05) is 13.7 Å². The van der Waals surface area contributed by atoms with E-state index in [9.17, 15) is 5.26 Å². The monoisotopic (exact) mass is 388 g/mol. The van der Waals surface area contributed by atoms with Crippen LogP contribution in [0.5, 0.6) is 17.4 Å². The first-order valence-corrected chi connectivity index (χ1v) is 9.19. The molecule has 3 N–H and O–H groups in total. The highest BCUT2D eigenvalue weighted by molar-refractivity contribution is 5.72. The molecule has 0 fully saturated rings. The first-order valence-electron chi connectivity index (χ1n) is 9.19. The summed E-state index contributed by atoms with van der Waals surface area (Å²) in [5.74, 6) is 1.30. The number of nitrogens with zero attached hydrogens (tertiary/aromatic N) is 2. The molecule has 1 aliphatic heterocycles. The lowest BCUT2D eigenvalue weighted by atomic mass is 9.82. The van der Waals surface area contributed by atoms with Crippen LogP contribution in [0.15, 0.2) is 60.0 Å². The van der Waals surface area contributed by atoms with Gasteiger partial charge in [0.2, 0.25) is 11.8 Å². The Labute approximate surface area is 168 Å². The summed E-state index contributed by atoms with van der Waals surface area (Å²) in [6, 6.07) is 17.4. The maximum Gasteiger partial charge on any atom is 0.244 e. The topological polar surface area (TPSA) is 106 Å². The van der Waals surface area contributed by atoms with Gasteiger partial charge in [0.25, 0.3) is 0 Å². The van der Waals surface area contributed by atoms with Crippen LogP contribution >= 0.6 is 0 Å². The van der Waals surface area contributed by atoms with E-state index < -0.39 is 5.92 Å². The summed E-state index contributed by atoms with van der Waals surface area (Å²) >= 11 is 0. The third kappa shape index (κ3) is 3.15. The molecule has 4 rings (SSSR count). The van der Waals surface area contributed by atoms with Crippen molar-refractivity contribution in [2.24, 2.45) is 5.73 Å². The number of hydrogen-bond donors (Lipinski definition) is 2. The summed E-state index contributed by atoms with van der Waals surface area (Å²) in [5.41, 5.74) is 9.53. The first-order chi connectivity index (χ1) is 14.2. The number of para-hydroxylation sites is 1. The molecule has 1 atom stereocenters. The van der Waals surface area contributed by atoms with Crippen LogP contribution in [0.4, 0.5) is 0 Å². The van der Waals surface area contributed by atoms with Crippen LogP contribution in [0.25, 0.3) is 11.3 Å². The van der Waals surface area contributed by atoms with Crippen LogP contribution in [0, 0.1) is 11.3 Å². The Bertz CT molecular complexity index is 1130. The molecule has 0 amide bonds. The fraction of sp³-hybridized carbons (Fsp3) is 0.182. The Morgan fingerprint density at radius 2 is 2.07 bits per heavy atom. The van der Waals surface area contributed by atoms with Gasteiger partial charge in [-0.05, 0) is 25.1 Å². The number of hydrogen-bond acceptors (Lipinski definition) is 6. The van der Waals surface area contributed by atoms with Gasteiger partial charge in [0.15, 0.2) is 0 Å². The molecule has 7 nitrogen and oxygen atoms in total. The number of rotatable bonds is 5. The van der Waals surface area contributed by atoms with Crippen molar-refractivity contribution in [3.8, 4) is 34.7 Å². The maximum atomic E-state index is 9.86. The molecule has 29 heavy (non-hydrogen) atoms. The van der Waals surface area contributed by atoms with Crippen LogP contribution in [0.2, 0.25) is 0 Å². The second kappa shape index (κ2) is 7.60. The van der Waals surface area contributed by atoms with Gasteiger partial charge in [-0.25, -0.2) is 0 Å². The van der Waals surface area contributed by atoms with Crippen molar-refractivity contribution in [1.29, 1.82) is 5.26 Å². The summed E-state index contributed by atoms with van der Waals surface area (Å²) < 4.78 is 16.8. The molecule has 7 heteroatoms. The molecular formula is C22H20N4O3. The van der Waals surface area contributed by atoms with Crippen molar-refractivity contribution >= 4 is 0 Å². The number of nitrogens with two attached hydrogens (primary N) is 1. The maximum absolute atomic E-state index is 9.86. The van der Waals surface area contributed by atoms with E-state index in [4.69, 9.17) is 19.9 Å². The van der Waals surface area contributed by atoms with Crippen molar-refractivity contribution in [2.45, 2.75) is 12.8 Å². The summed E-state index contributed by atoms with van der Waals surface area (Å²) in [7, 11) is 1.61. The van der Waals surface area contributed by atoms with Crippen LogP contribution in [0.3, 0.4) is 0 Å². The molecule has 0 spiro atoms. The quantitative estimate of drug-likeness (QED) is 0.690. The van der Waals surface area contributed by atoms with Gasteiger partial charge in [0, 0.05) is 11.1 Å². The smallest absolute Gasteiger partial charge is 0.244 e. The number of fused-ring (bicyclic) bond motifs is 1. The number of aromatic nitrogens is 2. The highest BCUT2D eigenvalue weighted by Gasteiger charge is 2.37. The number of aromatic amines is 1. The second-order valence-corrected chi connectivity index (χ2v) is 6.45. The van der Waals surface area contributed by atoms with Gasteiger partial charge in [-0.3, -0.25) is 5.10 Å². The Balaban J connectivity index is 1.95. The molecule has 1 aromatic heterocycles. The van der Waals surface area contributed by atoms with E-state index in [0.29, 0.717) is 29.6 Å². The lowest BCUT2D eigenvalue weighted by Crippen LogP contribution is -2.21. The van der Waals surface area contributed by atoms with Crippen LogP contribution in [-0.4, -0.2) is 23.9 Å². The van der Waals surface area contributed by atoms with Crippen molar-refractivity contribution < 1.29 is 14.2 Å². The molecule has 0 saturated carbocycles. The predicted molar refractivity (Wildman–Crippen MR) is 107 cm³/mol. The van der Waals surface area contributed by atoms with E-state index in [0.717, 1.165) is 22.4 Å². The molecule has 0 radical (unpaired) electrons. The largest absolute Gasteiger partial charge is 0.497 e. The number of ether oxygens (including phenoxy) is 3. The van der Waals surface area contributed by atoms with Crippen molar-refractivity contribution in [1.82, 2.24) is 10.2 Å². The van der Waals surface area contributed by atoms with Crippen molar-refractivity contribution in [3.05, 3.63) is 71.1 Å². The van der Waals surface area contributed by atoms with Crippen LogP contribution < -0.4 is 19.9 Å². The summed E-state index contributed by atoms with van der Waals surface area (Å²) in [5, 5.41) is 17.2. The predicted octanol–water partition coefficient (Wildman–Crippen LogP) is 3.70. The van der Waals surface area contributed by atoms with Gasteiger partial charge >= 0.3 is 0 Å². The zero-order chi connectivity index (χ0) is 20.4. The number of benzene rings is 2. The van der Waals surface area contributed by atoms with Crippen LogP contribution in [0.1, 0.15) is 24.0 Å². The molecule has 1 unspecified atom stereocenters. The normalized spacial score (nSPS) is 15.3. The van der Waals surface area contributed by atoms with E-state index in [1.807, 2.05) is 55.5 Å². The average Bonchev–Trinajstić information content (AvgIpc) is 3.17. The number of methoxy groups -OCH3 is 1. The zero-order valence-corrected chi connectivity index (χ0v) is 16.1. The molecule has 2 heterocycles. The van der Waals surface area contributed by atoms with Gasteiger partial charge < -0.3 is 19.9 Å². The number of H-pyrrole nitrogens is 1. The molecule has 0 bridgehead atoms. The lowest BCUT2D eigenvalue weighted by molar-refractivity contribution is 0.334. The summed E-state index contributed by atoms with van der Waals surface area (Å²) in [6.45, 7) is 2.42. The molecule has 1 aliphatic rings. The average molecular weight is 388 g/mol. The molecule has 0 aliphatic carbocycles. The van der Waals surface area contributed by atoms with E-state index >= 15 is 0 Å². The number of nitrogens with one attached hydrogen (secondary N) is 1. The van der Waals surface area contributed by atoms with Crippen molar-refractivity contribution in [3.63, 3.8) is 0 Å². The van der Waals surface area contributed by atoms with E-state index in [2.05, 4.69) is 16.3 Å². The molecule has 2 aromatic carbocycles. The fourth-order valence-electron chi connectivity index (χ4n) is 3.56. The van der Waals surface area contributed by atoms with Crippen LogP contribution in [-0.2, 0) is 0 Å². The third-order valence-corrected chi connectivity index (χ3v) is 4.83. The van der Waals surface area contributed by atoms with Gasteiger partial charge in [0.1, 0.15) is 23.1 Å². The third-order valence-electron chi connectivity index (χ3n) is 4.83. The standard InChI is InChI=1S/C22H20N4O3/c1-3-28-17-10-5-4-9-15(17)18-16(12-23)21(24)29-22-19(18)20(25-26-22)13-7-6-8-14(11-13)27-2/h4-11,18H,3,24H2,1-2H3,(H,25,26). The fourth-order valence-corrected chi connectivity index (χ4v) is 3.56. The number of nitriles is 1. The van der Waals surface area contributed by atoms with Gasteiger partial charge in [-0.1, -0.05) is 30.3 Å². The zero-order valence-electron chi connectivity index (χ0n) is 16.1. The summed E-state index contributed by atoms with van der Waals surface area (Å²) in [4.78, 5) is 0. The SMILES string of the molecule is CCOc1ccccc1C1C(C#N)=C(N)Oc2n[nH]c(-c3cccc(OC)c3)c21. The summed E-state index contributed by atoms with van der Waals surface area (Å²) in [6.07, 6.45) is 0. The second-order valence-electron chi connectivity index (χ2n) is 6.45. The van der Waals surface area contributed by atoms with Gasteiger partial charge in [-0.15, -0.1) is 5.10 Å². The molecule has 0 saturated heterocycles. The Morgan fingerprint density at radius 1 is 1.24 bits per heavy atom. The Hall–Kier alpha value is -3.92. The van der Waals surface area contributed by atoms with E-state index in [-0.39, 0.29) is 5.88 Å². The number of allylic oxidation sites excluding steroid dienone is 1. The van der Waals surface area contributed by atoms with E-state index in [1.165, 1.54) is 0 Å². The minimum absolute atomic E-state index is 0.0417. The Morgan fingerprint density at radius 3 is 2.83 bits per heavy atom. The van der Waals surface area contributed by atoms with E-state index in [1.54, 1.807) is 7.11 Å². The first kappa shape index (κ1) is 18.4. The highest BCUT2D eigenvalue weighted by Crippen LogP contribution is 2.47. The highest BCUT2D eigenvalue weighted by atomic mass is 16.5. The molecule has 146 valence electrons. The Kier molecular flexibility index (Phi) is 4.83. The van der Waals surface area contributed by atoms with Gasteiger partial charge in [0.05, 0.1) is 30.9 Å². The molecular weight excluding hydrogens is 368 g/mol. The lowest BCUT2D eigenvalue weighted by Gasteiger charge is -2.25. The molecule has 3 aromatic rings. The minimum Gasteiger partial charge on any atom is -0.497 e.